The molecule has 1 fully saturated rings. The van der Waals surface area contributed by atoms with Gasteiger partial charge in [-0.05, 0) is 36.8 Å². The van der Waals surface area contributed by atoms with Gasteiger partial charge in [-0.15, -0.1) is 0 Å². The molecule has 0 saturated carbocycles. The first kappa shape index (κ1) is 20.9. The summed E-state index contributed by atoms with van der Waals surface area (Å²) in [7, 11) is 0. The second kappa shape index (κ2) is 9.56. The monoisotopic (exact) mass is 415 g/mol. The second-order valence-electron chi connectivity index (χ2n) is 6.87. The molecular formula is C22H23ClFN3O2. The smallest absolute Gasteiger partial charge is 0.244 e. The third-order valence-electron chi connectivity index (χ3n) is 4.87. The molecule has 7 heteroatoms. The van der Waals surface area contributed by atoms with Crippen LogP contribution in [0.5, 0.6) is 0 Å². The average molecular weight is 416 g/mol. The van der Waals surface area contributed by atoms with Crippen LogP contribution in [0.15, 0.2) is 54.6 Å². The fraction of sp³-hybridized carbons (Fsp3) is 0.273. The van der Waals surface area contributed by atoms with Gasteiger partial charge in [-0.25, -0.2) is 4.39 Å². The molecule has 1 heterocycles. The van der Waals surface area contributed by atoms with Crippen molar-refractivity contribution in [3.8, 4) is 0 Å². The first-order valence-corrected chi connectivity index (χ1v) is 9.81. The van der Waals surface area contributed by atoms with Gasteiger partial charge in [0.1, 0.15) is 5.82 Å². The summed E-state index contributed by atoms with van der Waals surface area (Å²) in [5.41, 5.74) is 1.90. The largest absolute Gasteiger partial charge is 0.368 e. The molecular weight excluding hydrogens is 393 g/mol. The molecule has 0 aromatic heterocycles. The molecule has 29 heavy (non-hydrogen) atoms. The first-order valence-electron chi connectivity index (χ1n) is 9.43. The number of anilines is 1. The van der Waals surface area contributed by atoms with E-state index in [1.54, 1.807) is 30.0 Å². The first-order chi connectivity index (χ1) is 13.9. The molecule has 0 spiro atoms. The minimum atomic E-state index is -0.420. The van der Waals surface area contributed by atoms with E-state index < -0.39 is 5.91 Å². The Morgan fingerprint density at radius 1 is 1.10 bits per heavy atom. The highest BCUT2D eigenvalue weighted by molar-refractivity contribution is 6.30. The van der Waals surface area contributed by atoms with E-state index in [1.807, 2.05) is 24.3 Å². The Morgan fingerprint density at radius 2 is 1.83 bits per heavy atom. The zero-order chi connectivity index (χ0) is 20.8. The van der Waals surface area contributed by atoms with Crippen LogP contribution in [0.3, 0.4) is 0 Å². The predicted molar refractivity (Wildman–Crippen MR) is 113 cm³/mol. The summed E-state index contributed by atoms with van der Waals surface area (Å²) in [5.74, 6) is -0.944. The van der Waals surface area contributed by atoms with Gasteiger partial charge in [0.05, 0.1) is 6.54 Å². The highest BCUT2D eigenvalue weighted by atomic mass is 35.5. The Labute approximate surface area is 174 Å². The van der Waals surface area contributed by atoms with Crippen molar-refractivity contribution in [3.05, 3.63) is 71.0 Å². The van der Waals surface area contributed by atoms with Crippen LogP contribution in [-0.2, 0) is 9.59 Å². The fourth-order valence-electron chi connectivity index (χ4n) is 3.27. The number of allylic oxidation sites excluding steroid dienone is 1. The number of carbonyl (C=O) groups is 2. The standard InChI is InChI=1S/C22H23ClFN3O2/c1-16(19-7-2-3-8-20(19)24)13-21(28)25-15-22(29)27-11-9-26(10-12-27)18-6-4-5-17(23)14-18/h2-8,13-14H,9-12,15H2,1H3,(H,25,28)/b16-13-. The van der Waals surface area contributed by atoms with Gasteiger partial charge in [0.2, 0.25) is 11.8 Å². The number of piperazine rings is 1. The lowest BCUT2D eigenvalue weighted by molar-refractivity contribution is -0.132. The van der Waals surface area contributed by atoms with Crippen molar-refractivity contribution in [2.24, 2.45) is 0 Å². The Kier molecular flexibility index (Phi) is 6.88. The summed E-state index contributed by atoms with van der Waals surface area (Å²) in [6.07, 6.45) is 1.31. The molecule has 0 aliphatic carbocycles. The van der Waals surface area contributed by atoms with Crippen molar-refractivity contribution < 1.29 is 14.0 Å². The van der Waals surface area contributed by atoms with Gasteiger partial charge in [0.25, 0.3) is 0 Å². The third-order valence-corrected chi connectivity index (χ3v) is 5.10. The normalized spacial score (nSPS) is 14.7. The average Bonchev–Trinajstić information content (AvgIpc) is 2.72. The van der Waals surface area contributed by atoms with Crippen molar-refractivity contribution in [2.75, 3.05) is 37.6 Å². The third kappa shape index (κ3) is 5.57. The van der Waals surface area contributed by atoms with Crippen molar-refractivity contribution >= 4 is 34.7 Å². The number of hydrogen-bond donors (Lipinski definition) is 1. The van der Waals surface area contributed by atoms with Gasteiger partial charge in [0.15, 0.2) is 0 Å². The maximum Gasteiger partial charge on any atom is 0.244 e. The number of nitrogens with zero attached hydrogens (tertiary/aromatic N) is 2. The molecule has 0 radical (unpaired) electrons. The molecule has 0 bridgehead atoms. The van der Waals surface area contributed by atoms with E-state index in [0.717, 1.165) is 5.69 Å². The number of rotatable bonds is 5. The van der Waals surface area contributed by atoms with Crippen molar-refractivity contribution in [3.63, 3.8) is 0 Å². The lowest BCUT2D eigenvalue weighted by Gasteiger charge is -2.36. The predicted octanol–water partition coefficient (Wildman–Crippen LogP) is 3.35. The lowest BCUT2D eigenvalue weighted by Crippen LogP contribution is -2.51. The van der Waals surface area contributed by atoms with Gasteiger partial charge in [-0.3, -0.25) is 9.59 Å². The summed E-state index contributed by atoms with van der Waals surface area (Å²) < 4.78 is 13.8. The summed E-state index contributed by atoms with van der Waals surface area (Å²) in [6, 6.07) is 13.9. The molecule has 1 saturated heterocycles. The lowest BCUT2D eigenvalue weighted by atomic mass is 10.1. The van der Waals surface area contributed by atoms with Crippen LogP contribution in [0.1, 0.15) is 12.5 Å². The minimum absolute atomic E-state index is 0.0863. The number of benzene rings is 2. The molecule has 5 nitrogen and oxygen atoms in total. The van der Waals surface area contributed by atoms with Gasteiger partial charge >= 0.3 is 0 Å². The van der Waals surface area contributed by atoms with Crippen LogP contribution in [0.25, 0.3) is 5.57 Å². The van der Waals surface area contributed by atoms with E-state index >= 15 is 0 Å². The molecule has 1 N–H and O–H groups in total. The van der Waals surface area contributed by atoms with E-state index in [9.17, 15) is 14.0 Å². The van der Waals surface area contributed by atoms with Crippen LogP contribution in [-0.4, -0.2) is 49.4 Å². The van der Waals surface area contributed by atoms with Crippen molar-refractivity contribution in [1.82, 2.24) is 10.2 Å². The van der Waals surface area contributed by atoms with Crippen LogP contribution in [0.4, 0.5) is 10.1 Å². The number of halogens is 2. The Morgan fingerprint density at radius 3 is 2.52 bits per heavy atom. The molecule has 1 aliphatic heterocycles. The van der Waals surface area contributed by atoms with E-state index in [2.05, 4.69) is 10.2 Å². The van der Waals surface area contributed by atoms with Crippen LogP contribution < -0.4 is 10.2 Å². The molecule has 0 atom stereocenters. The molecule has 3 rings (SSSR count). The maximum absolute atomic E-state index is 13.8. The van der Waals surface area contributed by atoms with E-state index in [4.69, 9.17) is 11.6 Å². The Hall–Kier alpha value is -2.86. The number of carbonyl (C=O) groups excluding carboxylic acids is 2. The molecule has 2 aromatic rings. The van der Waals surface area contributed by atoms with Crippen molar-refractivity contribution in [1.29, 1.82) is 0 Å². The fourth-order valence-corrected chi connectivity index (χ4v) is 3.45. The molecule has 2 aromatic carbocycles. The Balaban J connectivity index is 1.48. The van der Waals surface area contributed by atoms with Crippen LogP contribution in [0.2, 0.25) is 5.02 Å². The van der Waals surface area contributed by atoms with Crippen LogP contribution in [0, 0.1) is 5.82 Å². The van der Waals surface area contributed by atoms with E-state index in [1.165, 1.54) is 12.1 Å². The minimum Gasteiger partial charge on any atom is -0.368 e. The zero-order valence-electron chi connectivity index (χ0n) is 16.2. The van der Waals surface area contributed by atoms with Gasteiger partial charge in [-0.1, -0.05) is 35.9 Å². The highest BCUT2D eigenvalue weighted by Gasteiger charge is 2.21. The highest BCUT2D eigenvalue weighted by Crippen LogP contribution is 2.21. The Bertz CT molecular complexity index is 924. The van der Waals surface area contributed by atoms with Crippen LogP contribution >= 0.6 is 11.6 Å². The van der Waals surface area contributed by atoms with Gasteiger partial charge in [0, 0.05) is 48.5 Å². The van der Waals surface area contributed by atoms with E-state index in [0.29, 0.717) is 42.3 Å². The SMILES string of the molecule is C/C(=C/C(=O)NCC(=O)N1CCN(c2cccc(Cl)c2)CC1)c1ccccc1F. The molecule has 152 valence electrons. The van der Waals surface area contributed by atoms with E-state index in [-0.39, 0.29) is 18.3 Å². The molecule has 1 aliphatic rings. The molecule has 0 unspecified atom stereocenters. The topological polar surface area (TPSA) is 52.7 Å². The maximum atomic E-state index is 13.8. The number of amides is 2. The summed E-state index contributed by atoms with van der Waals surface area (Å²) >= 11 is 6.04. The van der Waals surface area contributed by atoms with Gasteiger partial charge in [-0.2, -0.15) is 0 Å². The van der Waals surface area contributed by atoms with Gasteiger partial charge < -0.3 is 15.1 Å². The second-order valence-corrected chi connectivity index (χ2v) is 7.31. The summed E-state index contributed by atoms with van der Waals surface area (Å²) in [6.45, 7) is 4.13. The summed E-state index contributed by atoms with van der Waals surface area (Å²) in [5, 5.41) is 3.27. The quantitative estimate of drug-likeness (QED) is 0.762. The number of nitrogens with one attached hydrogen (secondary N) is 1. The zero-order valence-corrected chi connectivity index (χ0v) is 17.0. The van der Waals surface area contributed by atoms with Crippen molar-refractivity contribution in [2.45, 2.75) is 6.92 Å². The number of hydrogen-bond acceptors (Lipinski definition) is 3. The molecule has 2 amide bonds. The summed E-state index contributed by atoms with van der Waals surface area (Å²) in [4.78, 5) is 28.4.